The number of benzene rings is 2. The van der Waals surface area contributed by atoms with Crippen LogP contribution in [0.5, 0.6) is 5.75 Å². The smallest absolute Gasteiger partial charge is 0.146 e. The molecule has 21 heavy (non-hydrogen) atoms. The van der Waals surface area contributed by atoms with E-state index in [-0.39, 0.29) is 5.82 Å². The minimum absolute atomic E-state index is 0.246. The van der Waals surface area contributed by atoms with Gasteiger partial charge in [0.25, 0.3) is 0 Å². The molecule has 0 aliphatic rings. The van der Waals surface area contributed by atoms with Crippen molar-refractivity contribution in [1.29, 1.82) is 0 Å². The quantitative estimate of drug-likeness (QED) is 0.722. The molecule has 0 atom stereocenters. The van der Waals surface area contributed by atoms with E-state index in [0.29, 0.717) is 24.8 Å². The summed E-state index contributed by atoms with van der Waals surface area (Å²) in [5.41, 5.74) is 1.66. The molecule has 2 aromatic rings. The normalized spacial score (nSPS) is 10.7. The lowest BCUT2D eigenvalue weighted by molar-refractivity contribution is 0.328. The zero-order chi connectivity index (χ0) is 15.2. The molecule has 0 saturated heterocycles. The van der Waals surface area contributed by atoms with Gasteiger partial charge in [-0.05, 0) is 41.8 Å². The van der Waals surface area contributed by atoms with Crippen LogP contribution in [-0.4, -0.2) is 13.2 Å². The van der Waals surface area contributed by atoms with Crippen molar-refractivity contribution in [3.63, 3.8) is 0 Å². The van der Waals surface area contributed by atoms with E-state index < -0.39 is 0 Å². The van der Waals surface area contributed by atoms with Crippen LogP contribution in [-0.2, 0) is 0 Å². The fraction of sp³-hybridized carbons (Fsp3) is 0.294. The van der Waals surface area contributed by atoms with E-state index in [2.05, 4.69) is 41.2 Å². The van der Waals surface area contributed by atoms with Crippen molar-refractivity contribution in [2.75, 3.05) is 18.5 Å². The summed E-state index contributed by atoms with van der Waals surface area (Å²) in [7, 11) is 0. The molecular formula is C17H19BrFNO. The Morgan fingerprint density at radius 3 is 2.67 bits per heavy atom. The molecule has 0 saturated carbocycles. The number of hydrogen-bond acceptors (Lipinski definition) is 2. The first-order chi connectivity index (χ1) is 10.1. The molecule has 0 heterocycles. The molecule has 0 aliphatic carbocycles. The van der Waals surface area contributed by atoms with Gasteiger partial charge in [-0.1, -0.05) is 41.9 Å². The van der Waals surface area contributed by atoms with Gasteiger partial charge in [0.2, 0.25) is 0 Å². The van der Waals surface area contributed by atoms with Crippen LogP contribution in [0, 0.1) is 5.82 Å². The highest BCUT2D eigenvalue weighted by atomic mass is 79.9. The maximum absolute atomic E-state index is 13.4. The first kappa shape index (κ1) is 15.8. The molecule has 0 bridgehead atoms. The van der Waals surface area contributed by atoms with Gasteiger partial charge >= 0.3 is 0 Å². The van der Waals surface area contributed by atoms with Crippen molar-refractivity contribution >= 4 is 21.6 Å². The van der Waals surface area contributed by atoms with E-state index in [1.54, 1.807) is 18.2 Å². The largest absolute Gasteiger partial charge is 0.491 e. The summed E-state index contributed by atoms with van der Waals surface area (Å²) in [5.74, 6) is 1.02. The van der Waals surface area contributed by atoms with E-state index >= 15 is 0 Å². The summed E-state index contributed by atoms with van der Waals surface area (Å²) >= 11 is 3.48. The highest BCUT2D eigenvalue weighted by molar-refractivity contribution is 9.10. The van der Waals surface area contributed by atoms with Gasteiger partial charge in [-0.15, -0.1) is 0 Å². The Bertz CT molecular complexity index is 601. The lowest BCUT2D eigenvalue weighted by atomic mass is 10.0. The molecule has 0 aromatic heterocycles. The maximum Gasteiger partial charge on any atom is 0.146 e. The highest BCUT2D eigenvalue weighted by Crippen LogP contribution is 2.29. The van der Waals surface area contributed by atoms with Gasteiger partial charge in [0.1, 0.15) is 18.2 Å². The van der Waals surface area contributed by atoms with Crippen LogP contribution in [0.2, 0.25) is 0 Å². The van der Waals surface area contributed by atoms with E-state index in [1.165, 1.54) is 6.07 Å². The Kier molecular flexibility index (Phi) is 5.62. The first-order valence-electron chi connectivity index (χ1n) is 6.98. The van der Waals surface area contributed by atoms with Gasteiger partial charge in [0, 0.05) is 11.0 Å². The van der Waals surface area contributed by atoms with Crippen molar-refractivity contribution < 1.29 is 9.13 Å². The molecule has 2 aromatic carbocycles. The third kappa shape index (κ3) is 4.46. The molecule has 2 nitrogen and oxygen atoms in total. The van der Waals surface area contributed by atoms with Crippen molar-refractivity contribution in [2.24, 2.45) is 0 Å². The minimum Gasteiger partial charge on any atom is -0.491 e. The molecule has 0 fully saturated rings. The average Bonchev–Trinajstić information content (AvgIpc) is 2.46. The number of nitrogens with one attached hydrogen (secondary N) is 1. The van der Waals surface area contributed by atoms with Gasteiger partial charge < -0.3 is 10.1 Å². The van der Waals surface area contributed by atoms with Gasteiger partial charge in [-0.25, -0.2) is 4.39 Å². The van der Waals surface area contributed by atoms with Crippen LogP contribution < -0.4 is 10.1 Å². The van der Waals surface area contributed by atoms with E-state index in [9.17, 15) is 4.39 Å². The number of anilines is 1. The summed E-state index contributed by atoms with van der Waals surface area (Å²) in [6.45, 7) is 5.29. The second-order valence-electron chi connectivity index (χ2n) is 5.09. The molecule has 0 radical (unpaired) electrons. The van der Waals surface area contributed by atoms with E-state index in [4.69, 9.17) is 4.74 Å². The van der Waals surface area contributed by atoms with Crippen molar-refractivity contribution in [3.05, 3.63) is 58.3 Å². The Balaban J connectivity index is 1.91. The van der Waals surface area contributed by atoms with Gasteiger partial charge in [0.15, 0.2) is 0 Å². The van der Waals surface area contributed by atoms with Crippen molar-refractivity contribution in [2.45, 2.75) is 19.8 Å². The molecule has 2 rings (SSSR count). The summed E-state index contributed by atoms with van der Waals surface area (Å²) in [5, 5.41) is 3.03. The second kappa shape index (κ2) is 7.46. The Hall–Kier alpha value is -1.55. The Labute approximate surface area is 133 Å². The summed E-state index contributed by atoms with van der Waals surface area (Å²) in [6, 6.07) is 12.6. The number of para-hydroxylation sites is 1. The van der Waals surface area contributed by atoms with Gasteiger partial charge in [-0.2, -0.15) is 0 Å². The monoisotopic (exact) mass is 351 g/mol. The van der Waals surface area contributed by atoms with Crippen LogP contribution in [0.3, 0.4) is 0 Å². The Morgan fingerprint density at radius 2 is 1.95 bits per heavy atom. The molecular weight excluding hydrogens is 333 g/mol. The average molecular weight is 352 g/mol. The maximum atomic E-state index is 13.4. The van der Waals surface area contributed by atoms with Crippen LogP contribution in [0.25, 0.3) is 0 Å². The molecule has 0 amide bonds. The minimum atomic E-state index is -0.246. The van der Waals surface area contributed by atoms with Crippen molar-refractivity contribution in [3.8, 4) is 5.75 Å². The van der Waals surface area contributed by atoms with Gasteiger partial charge in [-0.3, -0.25) is 0 Å². The standard InChI is InChI=1S/C17H19BrFNO/c1-12(2)14-11-13(18)7-8-17(14)21-10-9-20-16-6-4-3-5-15(16)19/h3-8,11-12,20H,9-10H2,1-2H3. The predicted octanol–water partition coefficient (Wildman–Crippen LogP) is 5.20. The summed E-state index contributed by atoms with van der Waals surface area (Å²) in [4.78, 5) is 0. The zero-order valence-corrected chi connectivity index (χ0v) is 13.8. The van der Waals surface area contributed by atoms with Crippen LogP contribution in [0.1, 0.15) is 25.3 Å². The SMILES string of the molecule is CC(C)c1cc(Br)ccc1OCCNc1ccccc1F. The molecule has 1 N–H and O–H groups in total. The topological polar surface area (TPSA) is 21.3 Å². The molecule has 112 valence electrons. The van der Waals surface area contributed by atoms with Crippen LogP contribution >= 0.6 is 15.9 Å². The fourth-order valence-corrected chi connectivity index (χ4v) is 2.43. The molecule has 0 spiro atoms. The fourth-order valence-electron chi connectivity index (χ4n) is 2.05. The number of hydrogen-bond donors (Lipinski definition) is 1. The lowest BCUT2D eigenvalue weighted by Crippen LogP contribution is -2.13. The van der Waals surface area contributed by atoms with E-state index in [1.807, 2.05) is 12.1 Å². The second-order valence-corrected chi connectivity index (χ2v) is 6.01. The molecule has 0 unspecified atom stereocenters. The molecule has 4 heteroatoms. The summed E-state index contributed by atoms with van der Waals surface area (Å²) < 4.78 is 20.3. The third-order valence-corrected chi connectivity index (χ3v) is 3.64. The van der Waals surface area contributed by atoms with Crippen molar-refractivity contribution in [1.82, 2.24) is 0 Å². The van der Waals surface area contributed by atoms with Crippen LogP contribution in [0.15, 0.2) is 46.9 Å². The number of halogens is 2. The highest BCUT2D eigenvalue weighted by Gasteiger charge is 2.08. The number of ether oxygens (including phenoxy) is 1. The number of rotatable bonds is 6. The zero-order valence-electron chi connectivity index (χ0n) is 12.2. The van der Waals surface area contributed by atoms with Gasteiger partial charge in [0.05, 0.1) is 5.69 Å². The summed E-state index contributed by atoms with van der Waals surface area (Å²) in [6.07, 6.45) is 0. The third-order valence-electron chi connectivity index (χ3n) is 3.14. The molecule has 0 aliphatic heterocycles. The Morgan fingerprint density at radius 1 is 1.19 bits per heavy atom. The van der Waals surface area contributed by atoms with Crippen LogP contribution in [0.4, 0.5) is 10.1 Å². The van der Waals surface area contributed by atoms with E-state index in [0.717, 1.165) is 15.8 Å². The first-order valence-corrected chi connectivity index (χ1v) is 7.78. The predicted molar refractivity (Wildman–Crippen MR) is 88.6 cm³/mol. The lowest BCUT2D eigenvalue weighted by Gasteiger charge is -2.15.